The van der Waals surface area contributed by atoms with Crippen LogP contribution in [0.2, 0.25) is 0 Å². The summed E-state index contributed by atoms with van der Waals surface area (Å²) >= 11 is 3.46. The Morgan fingerprint density at radius 1 is 1.26 bits per heavy atom. The zero-order chi connectivity index (χ0) is 14.0. The van der Waals surface area contributed by atoms with Gasteiger partial charge in [-0.15, -0.1) is 0 Å². The molecule has 1 aromatic heterocycles. The lowest BCUT2D eigenvalue weighted by atomic mass is 10.0. The summed E-state index contributed by atoms with van der Waals surface area (Å²) in [7, 11) is 0. The third kappa shape index (κ3) is 3.38. The molecule has 0 amide bonds. The number of furan rings is 1. The molecular formula is C15H20BrNO2. The fraction of sp³-hybridized carbons (Fsp3) is 0.467. The number of nitrogens with one attached hydrogen (secondary N) is 1. The van der Waals surface area contributed by atoms with Crippen molar-refractivity contribution in [3.63, 3.8) is 0 Å². The minimum Gasteiger partial charge on any atom is -0.459 e. The maximum absolute atomic E-state index is 9.37. The smallest absolute Gasteiger partial charge is 0.134 e. The molecule has 2 atom stereocenters. The molecule has 0 fully saturated rings. The van der Waals surface area contributed by atoms with Crippen LogP contribution < -0.4 is 5.32 Å². The monoisotopic (exact) mass is 325 g/mol. The quantitative estimate of drug-likeness (QED) is 0.877. The average Bonchev–Trinajstić information content (AvgIpc) is 2.78. The molecule has 0 bridgehead atoms. The van der Waals surface area contributed by atoms with Gasteiger partial charge in [-0.1, -0.05) is 29.8 Å². The summed E-state index contributed by atoms with van der Waals surface area (Å²) in [6.45, 7) is 6.37. The van der Waals surface area contributed by atoms with Gasteiger partial charge in [0.1, 0.15) is 11.3 Å². The minimum atomic E-state index is 0.0747. The van der Waals surface area contributed by atoms with Crippen LogP contribution in [0.4, 0.5) is 0 Å². The molecule has 1 unspecified atom stereocenters. The van der Waals surface area contributed by atoms with Crippen molar-refractivity contribution in [2.24, 2.45) is 5.92 Å². The summed E-state index contributed by atoms with van der Waals surface area (Å²) in [5.41, 5.74) is 0.886. The molecule has 0 aliphatic carbocycles. The van der Waals surface area contributed by atoms with Gasteiger partial charge < -0.3 is 14.8 Å². The summed E-state index contributed by atoms with van der Waals surface area (Å²) in [6, 6.07) is 8.17. The van der Waals surface area contributed by atoms with Crippen LogP contribution in [0.3, 0.4) is 0 Å². The lowest BCUT2D eigenvalue weighted by Gasteiger charge is -2.23. The predicted octanol–water partition coefficient (Wildman–Crippen LogP) is 3.86. The van der Waals surface area contributed by atoms with Crippen molar-refractivity contribution < 1.29 is 9.52 Å². The molecule has 1 aromatic carbocycles. The Morgan fingerprint density at radius 2 is 2.00 bits per heavy atom. The first-order valence-corrected chi connectivity index (χ1v) is 7.36. The highest BCUT2D eigenvalue weighted by molar-refractivity contribution is 9.10. The SMILES string of the molecule is CC(N[C@H](CO)C(C)C)c1cc2cc(Br)ccc2o1. The van der Waals surface area contributed by atoms with Gasteiger partial charge in [0.15, 0.2) is 0 Å². The highest BCUT2D eigenvalue weighted by Gasteiger charge is 2.18. The topological polar surface area (TPSA) is 45.4 Å². The first kappa shape index (κ1) is 14.6. The van der Waals surface area contributed by atoms with E-state index in [1.165, 1.54) is 0 Å². The average molecular weight is 326 g/mol. The maximum Gasteiger partial charge on any atom is 0.134 e. The number of benzene rings is 1. The van der Waals surface area contributed by atoms with Crippen LogP contribution in [0.1, 0.15) is 32.6 Å². The summed E-state index contributed by atoms with van der Waals surface area (Å²) in [5.74, 6) is 1.28. The molecule has 104 valence electrons. The summed E-state index contributed by atoms with van der Waals surface area (Å²) < 4.78 is 6.89. The van der Waals surface area contributed by atoms with E-state index < -0.39 is 0 Å². The molecule has 3 nitrogen and oxygen atoms in total. The van der Waals surface area contributed by atoms with Gasteiger partial charge in [-0.05, 0) is 37.1 Å². The van der Waals surface area contributed by atoms with Crippen molar-refractivity contribution in [1.82, 2.24) is 5.32 Å². The third-order valence-corrected chi connectivity index (χ3v) is 3.88. The maximum atomic E-state index is 9.37. The summed E-state index contributed by atoms with van der Waals surface area (Å²) in [4.78, 5) is 0. The number of hydrogen-bond acceptors (Lipinski definition) is 3. The number of rotatable bonds is 5. The highest BCUT2D eigenvalue weighted by Crippen LogP contribution is 2.27. The fourth-order valence-corrected chi connectivity index (χ4v) is 2.49. The van der Waals surface area contributed by atoms with Crippen molar-refractivity contribution in [2.45, 2.75) is 32.9 Å². The van der Waals surface area contributed by atoms with Gasteiger partial charge in [0.25, 0.3) is 0 Å². The Balaban J connectivity index is 2.19. The van der Waals surface area contributed by atoms with Crippen LogP contribution in [-0.2, 0) is 0 Å². The molecule has 2 aromatic rings. The van der Waals surface area contributed by atoms with E-state index in [0.29, 0.717) is 5.92 Å². The summed E-state index contributed by atoms with van der Waals surface area (Å²) in [6.07, 6.45) is 0. The predicted molar refractivity (Wildman–Crippen MR) is 81.2 cm³/mol. The van der Waals surface area contributed by atoms with Crippen molar-refractivity contribution in [3.8, 4) is 0 Å². The molecule has 0 spiro atoms. The van der Waals surface area contributed by atoms with E-state index in [1.807, 2.05) is 24.3 Å². The Labute approximate surface area is 122 Å². The largest absolute Gasteiger partial charge is 0.459 e. The molecule has 0 aliphatic heterocycles. The van der Waals surface area contributed by atoms with Gasteiger partial charge in [-0.3, -0.25) is 0 Å². The number of halogens is 1. The third-order valence-electron chi connectivity index (χ3n) is 3.39. The molecule has 1 heterocycles. The number of aliphatic hydroxyl groups is 1. The Bertz CT molecular complexity index is 550. The standard InChI is InChI=1S/C15H20BrNO2/c1-9(2)13(8-18)17-10(3)15-7-11-6-12(16)4-5-14(11)19-15/h4-7,9-10,13,17-18H,8H2,1-3H3/t10?,13-/m1/s1. The molecule has 2 N–H and O–H groups in total. The van der Waals surface area contributed by atoms with Gasteiger partial charge in [0.05, 0.1) is 12.6 Å². The first-order chi connectivity index (χ1) is 9.01. The molecule has 19 heavy (non-hydrogen) atoms. The van der Waals surface area contributed by atoms with E-state index in [1.54, 1.807) is 0 Å². The molecular weight excluding hydrogens is 306 g/mol. The number of fused-ring (bicyclic) bond motifs is 1. The van der Waals surface area contributed by atoms with Crippen LogP contribution in [0.15, 0.2) is 33.2 Å². The highest BCUT2D eigenvalue weighted by atomic mass is 79.9. The van der Waals surface area contributed by atoms with Crippen molar-refractivity contribution in [2.75, 3.05) is 6.61 Å². The normalized spacial score (nSPS) is 15.1. The zero-order valence-electron chi connectivity index (χ0n) is 11.5. The van der Waals surface area contributed by atoms with E-state index >= 15 is 0 Å². The fourth-order valence-electron chi connectivity index (χ4n) is 2.11. The second kappa shape index (κ2) is 6.07. The molecule has 4 heteroatoms. The molecule has 0 saturated carbocycles. The molecule has 2 rings (SSSR count). The molecule has 0 aliphatic rings. The molecule has 0 saturated heterocycles. The van der Waals surface area contributed by atoms with E-state index in [0.717, 1.165) is 21.2 Å². The minimum absolute atomic E-state index is 0.0747. The van der Waals surface area contributed by atoms with Gasteiger partial charge in [-0.2, -0.15) is 0 Å². The van der Waals surface area contributed by atoms with Crippen LogP contribution in [0, 0.1) is 5.92 Å². The van der Waals surface area contributed by atoms with E-state index in [4.69, 9.17) is 4.42 Å². The van der Waals surface area contributed by atoms with Crippen LogP contribution in [0.5, 0.6) is 0 Å². The van der Waals surface area contributed by atoms with Gasteiger partial charge in [0.2, 0.25) is 0 Å². The Kier molecular flexibility index (Phi) is 4.66. The second-order valence-electron chi connectivity index (χ2n) is 5.25. The van der Waals surface area contributed by atoms with Crippen LogP contribution in [0.25, 0.3) is 11.0 Å². The van der Waals surface area contributed by atoms with Crippen LogP contribution in [-0.4, -0.2) is 17.8 Å². The van der Waals surface area contributed by atoms with Crippen LogP contribution >= 0.6 is 15.9 Å². The van der Waals surface area contributed by atoms with Gasteiger partial charge in [0, 0.05) is 15.9 Å². The summed E-state index contributed by atoms with van der Waals surface area (Å²) in [5, 5.41) is 13.9. The van der Waals surface area contributed by atoms with E-state index in [9.17, 15) is 5.11 Å². The van der Waals surface area contributed by atoms with E-state index in [-0.39, 0.29) is 18.7 Å². The first-order valence-electron chi connectivity index (χ1n) is 6.57. The molecule has 0 radical (unpaired) electrons. The van der Waals surface area contributed by atoms with Crippen molar-refractivity contribution >= 4 is 26.9 Å². The lowest BCUT2D eigenvalue weighted by Crippen LogP contribution is -2.38. The number of hydrogen-bond donors (Lipinski definition) is 2. The lowest BCUT2D eigenvalue weighted by molar-refractivity contribution is 0.197. The zero-order valence-corrected chi connectivity index (χ0v) is 13.1. The second-order valence-corrected chi connectivity index (χ2v) is 6.17. The van der Waals surface area contributed by atoms with Crippen molar-refractivity contribution in [3.05, 3.63) is 34.5 Å². The van der Waals surface area contributed by atoms with E-state index in [2.05, 4.69) is 42.0 Å². The number of aliphatic hydroxyl groups excluding tert-OH is 1. The Hall–Kier alpha value is -0.840. The van der Waals surface area contributed by atoms with Gasteiger partial charge >= 0.3 is 0 Å². The van der Waals surface area contributed by atoms with Crippen molar-refractivity contribution in [1.29, 1.82) is 0 Å². The van der Waals surface area contributed by atoms with Gasteiger partial charge in [-0.25, -0.2) is 0 Å². The Morgan fingerprint density at radius 3 is 2.63 bits per heavy atom.